The van der Waals surface area contributed by atoms with E-state index in [4.69, 9.17) is 25.5 Å². The normalized spacial score (nSPS) is 15.8. The summed E-state index contributed by atoms with van der Waals surface area (Å²) in [5, 5.41) is 0.918. The molecule has 1 fully saturated rings. The number of fused-ring (bicyclic) bond motifs is 1. The largest absolute Gasteiger partial charge is 0.450 e. The average Bonchev–Trinajstić information content (AvgIpc) is 3.42. The maximum Gasteiger partial charge on any atom is 0.414 e. The number of ether oxygens (including phenoxy) is 2. The van der Waals surface area contributed by atoms with E-state index in [1.54, 1.807) is 25.1 Å². The summed E-state index contributed by atoms with van der Waals surface area (Å²) in [5.41, 5.74) is 0.767. The Morgan fingerprint density at radius 1 is 1.31 bits per heavy atom. The number of halogens is 2. The van der Waals surface area contributed by atoms with Crippen LogP contribution in [0.15, 0.2) is 40.9 Å². The van der Waals surface area contributed by atoms with Crippen molar-refractivity contribution >= 4 is 40.1 Å². The van der Waals surface area contributed by atoms with Gasteiger partial charge in [-0.25, -0.2) is 9.78 Å². The number of pyridine rings is 1. The third-order valence-corrected chi connectivity index (χ3v) is 5.51. The first-order chi connectivity index (χ1) is 15.5. The molecule has 2 aromatic heterocycles. The number of carbonyl (C=O) groups excluding carboxylic acids is 2. The van der Waals surface area contributed by atoms with Crippen LogP contribution in [0.25, 0.3) is 11.0 Å². The number of furan rings is 1. The number of amides is 1. The summed E-state index contributed by atoms with van der Waals surface area (Å²) in [5.74, 6) is -1.31. The Labute approximate surface area is 189 Å². The molecule has 3 heterocycles. The highest BCUT2D eigenvalue weighted by molar-refractivity contribution is 6.31. The molecule has 1 aromatic carbocycles. The van der Waals surface area contributed by atoms with Gasteiger partial charge in [0.1, 0.15) is 11.3 Å². The molecular formula is C23H22ClFN2O5. The molecule has 0 saturated carbocycles. The molecule has 1 saturated heterocycles. The predicted octanol–water partition coefficient (Wildman–Crippen LogP) is 5.38. The van der Waals surface area contributed by atoms with E-state index in [-0.39, 0.29) is 36.3 Å². The Hall–Kier alpha value is -2.97. The molecule has 0 N–H and O–H groups in total. The van der Waals surface area contributed by atoms with Crippen LogP contribution in [0, 0.1) is 5.95 Å². The minimum Gasteiger partial charge on any atom is -0.450 e. The SMILES string of the molecule is CCOC(=O)N(CCC1CCCO1)c1c(C(=O)c2ccc(F)nc2)oc2ccc(Cl)cc12. The summed E-state index contributed by atoms with van der Waals surface area (Å²) in [4.78, 5) is 31.2. The van der Waals surface area contributed by atoms with Gasteiger partial charge in [-0.1, -0.05) is 11.6 Å². The van der Waals surface area contributed by atoms with Gasteiger partial charge in [0.2, 0.25) is 11.7 Å². The molecule has 1 aliphatic heterocycles. The van der Waals surface area contributed by atoms with Gasteiger partial charge in [0, 0.05) is 35.3 Å². The predicted molar refractivity (Wildman–Crippen MR) is 117 cm³/mol. The molecule has 1 amide bonds. The van der Waals surface area contributed by atoms with Crippen LogP contribution < -0.4 is 4.90 Å². The van der Waals surface area contributed by atoms with Crippen molar-refractivity contribution in [2.45, 2.75) is 32.3 Å². The fraction of sp³-hybridized carbons (Fsp3) is 0.348. The van der Waals surface area contributed by atoms with E-state index in [0.29, 0.717) is 29.0 Å². The second-order valence-corrected chi connectivity index (χ2v) is 7.83. The number of rotatable bonds is 7. The summed E-state index contributed by atoms with van der Waals surface area (Å²) in [6, 6.07) is 7.30. The summed E-state index contributed by atoms with van der Waals surface area (Å²) < 4.78 is 30.1. The van der Waals surface area contributed by atoms with Crippen LogP contribution in [-0.4, -0.2) is 42.7 Å². The smallest absolute Gasteiger partial charge is 0.414 e. The maximum atomic E-state index is 13.3. The molecule has 1 unspecified atom stereocenters. The van der Waals surface area contributed by atoms with Gasteiger partial charge in [-0.2, -0.15) is 4.39 Å². The fourth-order valence-electron chi connectivity index (χ4n) is 3.76. The van der Waals surface area contributed by atoms with E-state index >= 15 is 0 Å². The molecule has 4 rings (SSSR count). The monoisotopic (exact) mass is 460 g/mol. The third-order valence-electron chi connectivity index (χ3n) is 5.28. The summed E-state index contributed by atoms with van der Waals surface area (Å²) >= 11 is 6.21. The molecule has 3 aromatic rings. The first-order valence-electron chi connectivity index (χ1n) is 10.4. The van der Waals surface area contributed by atoms with E-state index < -0.39 is 17.8 Å². The Morgan fingerprint density at radius 3 is 2.84 bits per heavy atom. The zero-order valence-corrected chi connectivity index (χ0v) is 18.2. The molecule has 1 aliphatic rings. The minimum absolute atomic E-state index is 0.0223. The Balaban J connectivity index is 1.80. The number of ketones is 1. The molecular weight excluding hydrogens is 439 g/mol. The van der Waals surface area contributed by atoms with Gasteiger partial charge < -0.3 is 13.9 Å². The molecule has 32 heavy (non-hydrogen) atoms. The standard InChI is InChI=1S/C23H22ClFN2O5/c1-2-30-23(29)27(10-9-16-4-3-11-31-16)20-17-12-15(24)6-7-18(17)32-22(20)21(28)14-5-8-19(25)26-13-14/h5-8,12-13,16H,2-4,9-11H2,1H3. The van der Waals surface area contributed by atoms with Crippen molar-refractivity contribution in [2.24, 2.45) is 0 Å². The van der Waals surface area contributed by atoms with E-state index in [0.717, 1.165) is 25.1 Å². The van der Waals surface area contributed by atoms with Crippen molar-refractivity contribution in [2.75, 3.05) is 24.7 Å². The lowest BCUT2D eigenvalue weighted by Gasteiger charge is -2.23. The topological polar surface area (TPSA) is 81.9 Å². The van der Waals surface area contributed by atoms with Crippen molar-refractivity contribution in [3.05, 3.63) is 58.8 Å². The van der Waals surface area contributed by atoms with Crippen molar-refractivity contribution in [3.8, 4) is 0 Å². The second kappa shape index (κ2) is 9.67. The highest BCUT2D eigenvalue weighted by Crippen LogP contribution is 2.37. The lowest BCUT2D eigenvalue weighted by Crippen LogP contribution is -2.35. The number of hydrogen-bond acceptors (Lipinski definition) is 6. The first kappa shape index (κ1) is 22.2. The summed E-state index contributed by atoms with van der Waals surface area (Å²) in [6.07, 6.45) is 2.98. The average molecular weight is 461 g/mol. The molecule has 1 atom stereocenters. The summed E-state index contributed by atoms with van der Waals surface area (Å²) in [6.45, 7) is 2.82. The third kappa shape index (κ3) is 4.61. The summed E-state index contributed by atoms with van der Waals surface area (Å²) in [7, 11) is 0. The van der Waals surface area contributed by atoms with Crippen molar-refractivity contribution in [1.82, 2.24) is 4.98 Å². The zero-order chi connectivity index (χ0) is 22.7. The number of hydrogen-bond donors (Lipinski definition) is 0. The van der Waals surface area contributed by atoms with Crippen LogP contribution >= 0.6 is 11.6 Å². The van der Waals surface area contributed by atoms with Gasteiger partial charge in [-0.05, 0) is 56.5 Å². The number of benzene rings is 1. The van der Waals surface area contributed by atoms with Crippen LogP contribution in [0.3, 0.4) is 0 Å². The van der Waals surface area contributed by atoms with Crippen LogP contribution in [0.5, 0.6) is 0 Å². The Morgan fingerprint density at radius 2 is 2.16 bits per heavy atom. The van der Waals surface area contributed by atoms with Gasteiger partial charge in [0.05, 0.1) is 12.7 Å². The van der Waals surface area contributed by atoms with Crippen molar-refractivity contribution in [3.63, 3.8) is 0 Å². The van der Waals surface area contributed by atoms with Gasteiger partial charge in [-0.3, -0.25) is 9.69 Å². The minimum atomic E-state index is -0.706. The van der Waals surface area contributed by atoms with Gasteiger partial charge in [-0.15, -0.1) is 0 Å². The molecule has 0 radical (unpaired) electrons. The van der Waals surface area contributed by atoms with Crippen LogP contribution in [-0.2, 0) is 9.47 Å². The highest BCUT2D eigenvalue weighted by Gasteiger charge is 2.31. The van der Waals surface area contributed by atoms with E-state index in [2.05, 4.69) is 4.98 Å². The molecule has 0 aliphatic carbocycles. The maximum absolute atomic E-state index is 13.3. The van der Waals surface area contributed by atoms with Crippen LogP contribution in [0.2, 0.25) is 5.02 Å². The van der Waals surface area contributed by atoms with E-state index in [9.17, 15) is 14.0 Å². The quantitative estimate of drug-likeness (QED) is 0.347. The van der Waals surface area contributed by atoms with E-state index in [1.807, 2.05) is 0 Å². The number of anilines is 1. The molecule has 7 nitrogen and oxygen atoms in total. The molecule has 0 bridgehead atoms. The van der Waals surface area contributed by atoms with Gasteiger partial charge >= 0.3 is 6.09 Å². The van der Waals surface area contributed by atoms with Gasteiger partial charge in [0.25, 0.3) is 0 Å². The zero-order valence-electron chi connectivity index (χ0n) is 17.5. The lowest BCUT2D eigenvalue weighted by atomic mass is 10.1. The number of nitrogens with zero attached hydrogens (tertiary/aromatic N) is 2. The Kier molecular flexibility index (Phi) is 6.72. The first-order valence-corrected chi connectivity index (χ1v) is 10.8. The Bertz CT molecular complexity index is 1130. The molecule has 0 spiro atoms. The molecule has 9 heteroatoms. The van der Waals surface area contributed by atoms with Crippen molar-refractivity contribution in [1.29, 1.82) is 0 Å². The van der Waals surface area contributed by atoms with E-state index in [1.165, 1.54) is 11.0 Å². The highest BCUT2D eigenvalue weighted by atomic mass is 35.5. The second-order valence-electron chi connectivity index (χ2n) is 7.39. The fourth-order valence-corrected chi connectivity index (χ4v) is 3.93. The van der Waals surface area contributed by atoms with Crippen molar-refractivity contribution < 1.29 is 27.9 Å². The van der Waals surface area contributed by atoms with Gasteiger partial charge in [0.15, 0.2) is 5.76 Å². The lowest BCUT2D eigenvalue weighted by molar-refractivity contribution is 0.101. The van der Waals surface area contributed by atoms with Crippen LogP contribution in [0.1, 0.15) is 42.3 Å². The number of aromatic nitrogens is 1. The number of carbonyl (C=O) groups is 2. The van der Waals surface area contributed by atoms with Crippen LogP contribution in [0.4, 0.5) is 14.9 Å². The molecule has 168 valence electrons.